The number of allylic oxidation sites excluding steroid dienone is 1. The standard InChI is InChI=1S/C12H14ClNO2S/c1-14-6-2-3-11-8-9-7-10(13)4-5-12(9)17(11,15)16/h4-5,7-8,14H,2-3,6H2,1H3. The third-order valence-electron chi connectivity index (χ3n) is 2.77. The topological polar surface area (TPSA) is 46.2 Å². The number of hydrogen-bond acceptors (Lipinski definition) is 3. The lowest BCUT2D eigenvalue weighted by molar-refractivity contribution is 0.600. The summed E-state index contributed by atoms with van der Waals surface area (Å²) in [5, 5.41) is 3.57. The van der Waals surface area contributed by atoms with Crippen LogP contribution in [-0.4, -0.2) is 22.0 Å². The van der Waals surface area contributed by atoms with Crippen LogP contribution in [0.1, 0.15) is 18.4 Å². The van der Waals surface area contributed by atoms with Gasteiger partial charge in [0.15, 0.2) is 0 Å². The van der Waals surface area contributed by atoms with E-state index >= 15 is 0 Å². The minimum Gasteiger partial charge on any atom is -0.320 e. The van der Waals surface area contributed by atoms with E-state index in [-0.39, 0.29) is 0 Å². The van der Waals surface area contributed by atoms with Crippen molar-refractivity contribution >= 4 is 27.5 Å². The van der Waals surface area contributed by atoms with Gasteiger partial charge in [0.1, 0.15) is 0 Å². The van der Waals surface area contributed by atoms with Gasteiger partial charge in [0.25, 0.3) is 0 Å². The van der Waals surface area contributed by atoms with E-state index < -0.39 is 9.84 Å². The quantitative estimate of drug-likeness (QED) is 0.856. The van der Waals surface area contributed by atoms with Crippen molar-refractivity contribution in [2.24, 2.45) is 0 Å². The Morgan fingerprint density at radius 3 is 2.82 bits per heavy atom. The van der Waals surface area contributed by atoms with Crippen molar-refractivity contribution in [3.05, 3.63) is 33.7 Å². The monoisotopic (exact) mass is 271 g/mol. The number of hydrogen-bond donors (Lipinski definition) is 1. The maximum atomic E-state index is 12.2. The van der Waals surface area contributed by atoms with Gasteiger partial charge in [-0.05, 0) is 56.3 Å². The molecular weight excluding hydrogens is 258 g/mol. The van der Waals surface area contributed by atoms with Crippen LogP contribution in [0.3, 0.4) is 0 Å². The van der Waals surface area contributed by atoms with Gasteiger partial charge in [-0.3, -0.25) is 0 Å². The molecule has 3 nitrogen and oxygen atoms in total. The first-order valence-corrected chi connectivity index (χ1v) is 7.31. The molecule has 0 fully saturated rings. The molecule has 0 aliphatic carbocycles. The molecule has 1 aliphatic rings. The lowest BCUT2D eigenvalue weighted by Crippen LogP contribution is -2.09. The predicted molar refractivity (Wildman–Crippen MR) is 69.8 cm³/mol. The molecule has 5 heteroatoms. The molecule has 0 atom stereocenters. The lowest BCUT2D eigenvalue weighted by Gasteiger charge is -2.03. The maximum absolute atomic E-state index is 12.2. The third-order valence-corrected chi connectivity index (χ3v) is 4.97. The van der Waals surface area contributed by atoms with E-state index in [9.17, 15) is 8.42 Å². The molecule has 2 rings (SSSR count). The first-order chi connectivity index (χ1) is 8.05. The highest BCUT2D eigenvalue weighted by atomic mass is 35.5. The van der Waals surface area contributed by atoms with E-state index in [0.29, 0.717) is 26.8 Å². The van der Waals surface area contributed by atoms with Crippen LogP contribution in [0, 0.1) is 0 Å². The van der Waals surface area contributed by atoms with Gasteiger partial charge in [-0.25, -0.2) is 8.42 Å². The Labute approximate surface area is 106 Å². The normalized spacial score (nSPS) is 16.7. The summed E-state index contributed by atoms with van der Waals surface area (Å²) >= 11 is 5.86. The van der Waals surface area contributed by atoms with Crippen molar-refractivity contribution in [3.63, 3.8) is 0 Å². The number of nitrogens with one attached hydrogen (secondary N) is 1. The lowest BCUT2D eigenvalue weighted by atomic mass is 10.2. The largest absolute Gasteiger partial charge is 0.320 e. The highest BCUT2D eigenvalue weighted by molar-refractivity contribution is 7.95. The maximum Gasteiger partial charge on any atom is 0.203 e. The highest BCUT2D eigenvalue weighted by Gasteiger charge is 2.28. The number of fused-ring (bicyclic) bond motifs is 1. The van der Waals surface area contributed by atoms with E-state index in [1.165, 1.54) is 0 Å². The van der Waals surface area contributed by atoms with Crippen molar-refractivity contribution in [1.82, 2.24) is 5.32 Å². The van der Waals surface area contributed by atoms with Crippen molar-refractivity contribution in [1.29, 1.82) is 0 Å². The van der Waals surface area contributed by atoms with Crippen LogP contribution in [0.2, 0.25) is 5.02 Å². The molecule has 0 unspecified atom stereocenters. The second-order valence-corrected chi connectivity index (χ2v) is 6.41. The molecule has 1 heterocycles. The van der Waals surface area contributed by atoms with Crippen molar-refractivity contribution < 1.29 is 8.42 Å². The summed E-state index contributed by atoms with van der Waals surface area (Å²) in [6.07, 6.45) is 3.10. The van der Waals surface area contributed by atoms with E-state index in [4.69, 9.17) is 11.6 Å². The molecule has 0 saturated carbocycles. The smallest absolute Gasteiger partial charge is 0.203 e. The molecule has 92 valence electrons. The first kappa shape index (κ1) is 12.6. The van der Waals surface area contributed by atoms with Gasteiger partial charge in [-0.15, -0.1) is 0 Å². The highest BCUT2D eigenvalue weighted by Crippen LogP contribution is 2.36. The Bertz CT molecular complexity index is 564. The fourth-order valence-corrected chi connectivity index (χ4v) is 3.75. The Morgan fingerprint density at radius 1 is 1.35 bits per heavy atom. The molecule has 0 bridgehead atoms. The summed E-state index contributed by atoms with van der Waals surface area (Å²) in [5.41, 5.74) is 0.706. The molecule has 0 radical (unpaired) electrons. The fourth-order valence-electron chi connectivity index (χ4n) is 1.92. The van der Waals surface area contributed by atoms with Crippen molar-refractivity contribution in [2.75, 3.05) is 13.6 Å². The van der Waals surface area contributed by atoms with Crippen LogP contribution < -0.4 is 5.32 Å². The molecule has 1 aromatic carbocycles. The summed E-state index contributed by atoms with van der Waals surface area (Å²) in [7, 11) is -1.42. The number of rotatable bonds is 4. The average molecular weight is 272 g/mol. The summed E-state index contributed by atoms with van der Waals surface area (Å²) in [6, 6.07) is 4.89. The van der Waals surface area contributed by atoms with Crippen LogP contribution >= 0.6 is 11.6 Å². The van der Waals surface area contributed by atoms with Gasteiger partial charge < -0.3 is 5.32 Å². The number of halogens is 1. The van der Waals surface area contributed by atoms with E-state index in [1.54, 1.807) is 24.3 Å². The first-order valence-electron chi connectivity index (χ1n) is 5.45. The Morgan fingerprint density at radius 2 is 2.12 bits per heavy atom. The molecule has 0 aromatic heterocycles. The van der Waals surface area contributed by atoms with Crippen LogP contribution in [0.25, 0.3) is 6.08 Å². The zero-order valence-corrected chi connectivity index (χ0v) is 11.1. The van der Waals surface area contributed by atoms with Crippen LogP contribution in [0.5, 0.6) is 0 Å². The summed E-state index contributed by atoms with van der Waals surface area (Å²) in [6.45, 7) is 0.809. The summed E-state index contributed by atoms with van der Waals surface area (Å²) < 4.78 is 24.3. The average Bonchev–Trinajstić information content (AvgIpc) is 2.50. The van der Waals surface area contributed by atoms with Gasteiger partial charge in [-0.2, -0.15) is 0 Å². The second-order valence-electron chi connectivity index (χ2n) is 4.00. The van der Waals surface area contributed by atoms with Crippen LogP contribution in [-0.2, 0) is 9.84 Å². The van der Waals surface area contributed by atoms with Gasteiger partial charge >= 0.3 is 0 Å². The van der Waals surface area contributed by atoms with Gasteiger partial charge in [-0.1, -0.05) is 11.6 Å². The molecule has 17 heavy (non-hydrogen) atoms. The molecule has 0 amide bonds. The van der Waals surface area contributed by atoms with Gasteiger partial charge in [0, 0.05) is 9.93 Å². The molecular formula is C12H14ClNO2S. The zero-order chi connectivity index (χ0) is 12.5. The van der Waals surface area contributed by atoms with Crippen molar-refractivity contribution in [3.8, 4) is 0 Å². The van der Waals surface area contributed by atoms with E-state index in [2.05, 4.69) is 5.32 Å². The SMILES string of the molecule is CNCCCC1=Cc2cc(Cl)ccc2S1(=O)=O. The Kier molecular flexibility index (Phi) is 3.56. The predicted octanol–water partition coefficient (Wildman–Crippen LogP) is 2.47. The van der Waals surface area contributed by atoms with Gasteiger partial charge in [0.2, 0.25) is 9.84 Å². The summed E-state index contributed by atoms with van der Waals surface area (Å²) in [5.74, 6) is 0. The van der Waals surface area contributed by atoms with Crippen LogP contribution in [0.4, 0.5) is 0 Å². The summed E-state index contributed by atoms with van der Waals surface area (Å²) in [4.78, 5) is 0.867. The molecule has 1 aromatic rings. The Hall–Kier alpha value is -0.840. The molecule has 1 N–H and O–H groups in total. The number of benzene rings is 1. The van der Waals surface area contributed by atoms with Gasteiger partial charge in [0.05, 0.1) is 4.90 Å². The molecule has 0 saturated heterocycles. The zero-order valence-electron chi connectivity index (χ0n) is 9.53. The Balaban J connectivity index is 2.30. The van der Waals surface area contributed by atoms with Crippen LogP contribution in [0.15, 0.2) is 28.0 Å². The van der Waals surface area contributed by atoms with Crippen molar-refractivity contribution in [2.45, 2.75) is 17.7 Å². The minimum atomic E-state index is -3.27. The number of sulfone groups is 1. The third kappa shape index (κ3) is 2.39. The molecule has 1 aliphatic heterocycles. The minimum absolute atomic E-state index is 0.376. The van der Waals surface area contributed by atoms with E-state index in [0.717, 1.165) is 13.0 Å². The molecule has 0 spiro atoms. The second kappa shape index (κ2) is 4.80. The van der Waals surface area contributed by atoms with E-state index in [1.807, 2.05) is 7.05 Å². The fraction of sp³-hybridized carbons (Fsp3) is 0.333.